The Morgan fingerprint density at radius 1 is 0.463 bits per heavy atom. The Kier molecular flexibility index (Phi) is 7.22. The molecule has 2 N–H and O–H groups in total. The van der Waals surface area contributed by atoms with Crippen LogP contribution in [0, 0.1) is 0 Å². The second kappa shape index (κ2) is 12.6. The lowest BCUT2D eigenvalue weighted by Gasteiger charge is -2.32. The van der Waals surface area contributed by atoms with Gasteiger partial charge in [0, 0.05) is 41.9 Å². The number of furan rings is 1. The molecule has 0 aliphatic carbocycles. The fraction of sp³-hybridized carbons (Fsp3) is 0.0408. The van der Waals surface area contributed by atoms with Crippen molar-refractivity contribution in [2.75, 3.05) is 0 Å². The number of nitrogens with one attached hydrogen (secondary N) is 2. The molecule has 2 unspecified atom stereocenters. The minimum absolute atomic E-state index is 0.205. The summed E-state index contributed by atoms with van der Waals surface area (Å²) < 4.78 is 9.12. The molecule has 2 atom stereocenters. The topological polar surface area (TPSA) is 49.6 Å². The monoisotopic (exact) mass is 711 g/mol. The van der Waals surface area contributed by atoms with Crippen molar-refractivity contribution in [2.45, 2.75) is 12.3 Å². The molecule has 8 aromatic carbocycles. The lowest BCUT2D eigenvalue weighted by Crippen LogP contribution is -2.44. The van der Waals surface area contributed by atoms with Crippen molar-refractivity contribution in [1.82, 2.24) is 10.6 Å². The van der Waals surface area contributed by atoms with E-state index in [0.717, 1.165) is 50.0 Å². The number of thiophene rings is 1. The normalized spacial score (nSPS) is 16.0. The summed E-state index contributed by atoms with van der Waals surface area (Å²) in [4.78, 5) is 5.29. The van der Waals surface area contributed by atoms with Crippen LogP contribution in [-0.2, 0) is 0 Å². The summed E-state index contributed by atoms with van der Waals surface area (Å²) in [6.45, 7) is 0. The van der Waals surface area contributed by atoms with Crippen LogP contribution in [0.5, 0.6) is 0 Å². The Bertz CT molecular complexity index is 3060. The van der Waals surface area contributed by atoms with E-state index in [4.69, 9.17) is 9.41 Å². The van der Waals surface area contributed by atoms with Crippen molar-refractivity contribution < 1.29 is 4.42 Å². The van der Waals surface area contributed by atoms with Crippen molar-refractivity contribution in [3.05, 3.63) is 193 Å². The predicted octanol–water partition coefficient (Wildman–Crippen LogP) is 12.8. The van der Waals surface area contributed by atoms with Crippen LogP contribution in [0.2, 0.25) is 0 Å². The molecule has 10 aromatic rings. The first kappa shape index (κ1) is 31.0. The maximum absolute atomic E-state index is 6.54. The van der Waals surface area contributed by atoms with Crippen molar-refractivity contribution in [3.8, 4) is 22.3 Å². The summed E-state index contributed by atoms with van der Waals surface area (Å²) in [5, 5.41) is 14.9. The highest BCUT2D eigenvalue weighted by atomic mass is 32.1. The number of hydrogen-bond donors (Lipinski definition) is 2. The highest BCUT2D eigenvalue weighted by Crippen LogP contribution is 2.44. The Labute approximate surface area is 316 Å². The zero-order valence-electron chi connectivity index (χ0n) is 29.2. The average molecular weight is 712 g/mol. The number of rotatable bonds is 5. The lowest BCUT2D eigenvalue weighted by molar-refractivity contribution is 0.409. The van der Waals surface area contributed by atoms with Crippen LogP contribution in [0.1, 0.15) is 29.0 Å². The van der Waals surface area contributed by atoms with Gasteiger partial charge in [0.2, 0.25) is 0 Å². The van der Waals surface area contributed by atoms with Crippen LogP contribution in [0.15, 0.2) is 185 Å². The van der Waals surface area contributed by atoms with E-state index in [1.54, 1.807) is 0 Å². The fourth-order valence-electron chi connectivity index (χ4n) is 8.07. The highest BCUT2D eigenvalue weighted by molar-refractivity contribution is 7.26. The van der Waals surface area contributed by atoms with Gasteiger partial charge in [-0.15, -0.1) is 11.3 Å². The van der Waals surface area contributed by atoms with E-state index in [9.17, 15) is 0 Å². The van der Waals surface area contributed by atoms with Crippen LogP contribution in [0.4, 0.5) is 0 Å². The van der Waals surface area contributed by atoms with Crippen molar-refractivity contribution in [3.63, 3.8) is 0 Å². The fourth-order valence-corrected chi connectivity index (χ4v) is 9.27. The molecule has 0 radical (unpaired) electrons. The van der Waals surface area contributed by atoms with E-state index in [0.29, 0.717) is 0 Å². The standard InChI is InChI=1S/C49H33N3OS/c1-4-12-30(13-5-1)33-20-23-37-38-24-21-35(28-44(38)53-43(37)27-33)49-51-47(32-16-8-3-9-17-32)50-48(52-49)34-22-25-45-41(26-34)42-29-40(31-14-6-2-7-15-31)36-18-10-11-19-39(36)46(42)54-45/h1-29,48-49,52H,(H,50,51). The first-order valence-corrected chi connectivity index (χ1v) is 19.2. The summed E-state index contributed by atoms with van der Waals surface area (Å²) in [5.41, 5.74) is 9.80. The highest BCUT2D eigenvalue weighted by Gasteiger charge is 2.27. The Morgan fingerprint density at radius 2 is 1.11 bits per heavy atom. The van der Waals surface area contributed by atoms with Gasteiger partial charge in [0.15, 0.2) is 0 Å². The minimum Gasteiger partial charge on any atom is -0.456 e. The number of aliphatic imine (C=N–C) groups is 1. The number of amidine groups is 1. The largest absolute Gasteiger partial charge is 0.456 e. The van der Waals surface area contributed by atoms with E-state index in [1.807, 2.05) is 23.5 Å². The molecule has 256 valence electrons. The molecule has 11 rings (SSSR count). The van der Waals surface area contributed by atoms with Gasteiger partial charge in [-0.2, -0.15) is 0 Å². The lowest BCUT2D eigenvalue weighted by atomic mass is 9.95. The number of benzene rings is 8. The third kappa shape index (κ3) is 5.20. The summed E-state index contributed by atoms with van der Waals surface area (Å²) >= 11 is 1.87. The molecule has 0 fully saturated rings. The first-order chi connectivity index (χ1) is 26.7. The molecule has 3 heterocycles. The van der Waals surface area contributed by atoms with Gasteiger partial charge in [-0.25, -0.2) is 4.99 Å². The van der Waals surface area contributed by atoms with Crippen LogP contribution in [-0.4, -0.2) is 5.84 Å². The number of hydrogen-bond acceptors (Lipinski definition) is 5. The second-order valence-corrected chi connectivity index (χ2v) is 15.0. The van der Waals surface area contributed by atoms with Crippen LogP contribution < -0.4 is 10.6 Å². The third-order valence-electron chi connectivity index (χ3n) is 10.8. The van der Waals surface area contributed by atoms with E-state index in [-0.39, 0.29) is 12.3 Å². The average Bonchev–Trinajstić information content (AvgIpc) is 3.81. The predicted molar refractivity (Wildman–Crippen MR) is 226 cm³/mol. The molecule has 0 bridgehead atoms. The van der Waals surface area contributed by atoms with Gasteiger partial charge >= 0.3 is 0 Å². The van der Waals surface area contributed by atoms with Crippen molar-refractivity contribution in [2.24, 2.45) is 4.99 Å². The van der Waals surface area contributed by atoms with E-state index >= 15 is 0 Å². The first-order valence-electron chi connectivity index (χ1n) is 18.3. The smallest absolute Gasteiger partial charge is 0.136 e. The van der Waals surface area contributed by atoms with Gasteiger partial charge in [-0.3, -0.25) is 5.32 Å². The molecule has 0 saturated carbocycles. The van der Waals surface area contributed by atoms with E-state index in [1.165, 1.54) is 47.6 Å². The molecule has 4 nitrogen and oxygen atoms in total. The van der Waals surface area contributed by atoms with Gasteiger partial charge in [0.1, 0.15) is 29.3 Å². The molecule has 1 aliphatic rings. The quantitative estimate of drug-likeness (QED) is 0.187. The van der Waals surface area contributed by atoms with Gasteiger partial charge in [-0.1, -0.05) is 140 Å². The molecular weight excluding hydrogens is 679 g/mol. The third-order valence-corrected chi connectivity index (χ3v) is 12.0. The Hall–Kier alpha value is -6.53. The Morgan fingerprint density at radius 3 is 1.89 bits per heavy atom. The van der Waals surface area contributed by atoms with E-state index < -0.39 is 0 Å². The van der Waals surface area contributed by atoms with Gasteiger partial charge < -0.3 is 9.73 Å². The summed E-state index contributed by atoms with van der Waals surface area (Å²) in [6.07, 6.45) is -0.483. The summed E-state index contributed by atoms with van der Waals surface area (Å²) in [7, 11) is 0. The molecule has 1 aliphatic heterocycles. The molecule has 0 amide bonds. The minimum atomic E-state index is -0.278. The van der Waals surface area contributed by atoms with Gasteiger partial charge in [0.25, 0.3) is 0 Å². The Balaban J connectivity index is 1.01. The molecule has 2 aromatic heterocycles. The maximum Gasteiger partial charge on any atom is 0.136 e. The van der Waals surface area contributed by atoms with Crippen molar-refractivity contribution in [1.29, 1.82) is 0 Å². The van der Waals surface area contributed by atoms with Gasteiger partial charge in [0.05, 0.1) is 0 Å². The summed E-state index contributed by atoms with van der Waals surface area (Å²) in [5.74, 6) is 0.856. The molecular formula is C49H33N3OS. The van der Waals surface area contributed by atoms with Gasteiger partial charge in [-0.05, 0) is 75.2 Å². The SMILES string of the molecule is c1ccc(C2=NC(c3ccc4sc5c6ccccc6c(-c6ccccc6)cc5c4c3)NC(c3ccc4c(c3)oc3cc(-c5ccccc5)ccc34)N2)cc1. The number of nitrogens with zero attached hydrogens (tertiary/aromatic N) is 1. The second-order valence-electron chi connectivity index (χ2n) is 14.0. The van der Waals surface area contributed by atoms with Crippen LogP contribution in [0.25, 0.3) is 75.1 Å². The zero-order valence-corrected chi connectivity index (χ0v) is 30.0. The number of fused-ring (bicyclic) bond motifs is 8. The molecule has 0 saturated heterocycles. The molecule has 54 heavy (non-hydrogen) atoms. The van der Waals surface area contributed by atoms with E-state index in [2.05, 4.69) is 174 Å². The molecule has 0 spiro atoms. The maximum atomic E-state index is 6.54. The van der Waals surface area contributed by atoms with Crippen LogP contribution in [0.3, 0.4) is 0 Å². The van der Waals surface area contributed by atoms with Crippen LogP contribution >= 0.6 is 11.3 Å². The zero-order chi connectivity index (χ0) is 35.6. The summed E-state index contributed by atoms with van der Waals surface area (Å²) in [6, 6.07) is 62.6. The molecule has 5 heteroatoms. The van der Waals surface area contributed by atoms with Crippen molar-refractivity contribution >= 4 is 70.1 Å².